The van der Waals surface area contributed by atoms with Crippen molar-refractivity contribution in [3.05, 3.63) is 24.3 Å². The van der Waals surface area contributed by atoms with Gasteiger partial charge in [0.25, 0.3) is 0 Å². The molecule has 1 aromatic heterocycles. The van der Waals surface area contributed by atoms with Gasteiger partial charge in [-0.3, -0.25) is 9.69 Å². The third kappa shape index (κ3) is 3.32. The number of carbonyl (C=O) groups excluding carboxylic acids is 1. The predicted octanol–water partition coefficient (Wildman–Crippen LogP) is 2.62. The molecule has 0 radical (unpaired) electrons. The highest BCUT2D eigenvalue weighted by Crippen LogP contribution is 2.42. The van der Waals surface area contributed by atoms with Crippen LogP contribution in [-0.4, -0.2) is 51.4 Å². The molecule has 0 atom stereocenters. The fourth-order valence-electron chi connectivity index (χ4n) is 4.80. The van der Waals surface area contributed by atoms with Crippen LogP contribution in [0.3, 0.4) is 0 Å². The Hall–Kier alpha value is -1.49. The van der Waals surface area contributed by atoms with Crippen molar-refractivity contribution in [2.75, 3.05) is 19.6 Å². The third-order valence-electron chi connectivity index (χ3n) is 6.36. The second-order valence-corrected chi connectivity index (χ2v) is 7.90. The zero-order valence-electron chi connectivity index (χ0n) is 14.5. The molecular weight excluding hydrogens is 300 g/mol. The van der Waals surface area contributed by atoms with Crippen molar-refractivity contribution in [2.24, 2.45) is 5.41 Å². The highest BCUT2D eigenvalue weighted by Gasteiger charge is 2.43. The Morgan fingerprint density at radius 1 is 1.08 bits per heavy atom. The van der Waals surface area contributed by atoms with Crippen LogP contribution < -0.4 is 0 Å². The maximum Gasteiger partial charge on any atom is 0.222 e. The van der Waals surface area contributed by atoms with Crippen LogP contribution in [0.1, 0.15) is 57.2 Å². The number of piperidine rings is 2. The first-order chi connectivity index (χ1) is 11.7. The van der Waals surface area contributed by atoms with Gasteiger partial charge in [-0.1, -0.05) is 12.8 Å². The summed E-state index contributed by atoms with van der Waals surface area (Å²) in [5.74, 6) is 1.33. The molecule has 1 aromatic rings. The van der Waals surface area contributed by atoms with Crippen LogP contribution in [0.4, 0.5) is 0 Å². The highest BCUT2D eigenvalue weighted by molar-refractivity contribution is 5.77. The minimum atomic E-state index is 0.366. The molecular formula is C19H28N4O. The summed E-state index contributed by atoms with van der Waals surface area (Å²) < 4.78 is 0. The van der Waals surface area contributed by atoms with Gasteiger partial charge in [0.15, 0.2) is 0 Å². The summed E-state index contributed by atoms with van der Waals surface area (Å²) in [4.78, 5) is 25.8. The third-order valence-corrected chi connectivity index (χ3v) is 6.36. The van der Waals surface area contributed by atoms with Gasteiger partial charge in [0, 0.05) is 31.4 Å². The second-order valence-electron chi connectivity index (χ2n) is 7.90. The molecule has 1 amide bonds. The molecule has 1 aliphatic carbocycles. The number of likely N-dealkylation sites (tertiary alicyclic amines) is 2. The minimum Gasteiger partial charge on any atom is -0.339 e. The maximum atomic E-state index is 12.4. The first kappa shape index (κ1) is 16.0. The van der Waals surface area contributed by atoms with Gasteiger partial charge in [0.2, 0.25) is 5.91 Å². The normalized spacial score (nSPS) is 25.5. The molecule has 4 rings (SSSR count). The number of carbonyl (C=O) groups is 1. The van der Waals surface area contributed by atoms with E-state index in [1.165, 1.54) is 38.5 Å². The van der Waals surface area contributed by atoms with Crippen LogP contribution >= 0.6 is 0 Å². The van der Waals surface area contributed by atoms with Crippen molar-refractivity contribution >= 4 is 5.91 Å². The smallest absolute Gasteiger partial charge is 0.222 e. The number of amides is 1. The van der Waals surface area contributed by atoms with E-state index in [-0.39, 0.29) is 0 Å². The lowest BCUT2D eigenvalue weighted by Crippen LogP contribution is -2.53. The van der Waals surface area contributed by atoms with Gasteiger partial charge in [-0.25, -0.2) is 9.97 Å². The number of aromatic nitrogens is 2. The molecule has 0 bridgehead atoms. The van der Waals surface area contributed by atoms with Gasteiger partial charge < -0.3 is 4.90 Å². The van der Waals surface area contributed by atoms with Crippen molar-refractivity contribution in [1.82, 2.24) is 19.8 Å². The summed E-state index contributed by atoms with van der Waals surface area (Å²) in [5, 5.41) is 0. The van der Waals surface area contributed by atoms with Gasteiger partial charge in [0.1, 0.15) is 5.82 Å². The van der Waals surface area contributed by atoms with E-state index in [9.17, 15) is 4.79 Å². The van der Waals surface area contributed by atoms with Gasteiger partial charge in [-0.2, -0.15) is 0 Å². The van der Waals surface area contributed by atoms with E-state index in [1.807, 2.05) is 18.5 Å². The molecule has 3 fully saturated rings. The molecule has 1 saturated carbocycles. The molecule has 0 unspecified atom stereocenters. The summed E-state index contributed by atoms with van der Waals surface area (Å²) in [7, 11) is 0. The molecule has 1 spiro atoms. The lowest BCUT2D eigenvalue weighted by atomic mass is 9.72. The maximum absolute atomic E-state index is 12.4. The van der Waals surface area contributed by atoms with E-state index in [1.54, 1.807) is 0 Å². The Morgan fingerprint density at radius 2 is 1.79 bits per heavy atom. The highest BCUT2D eigenvalue weighted by atomic mass is 16.2. The topological polar surface area (TPSA) is 49.3 Å². The molecule has 2 aliphatic heterocycles. The monoisotopic (exact) mass is 328 g/mol. The minimum absolute atomic E-state index is 0.366. The zero-order valence-corrected chi connectivity index (χ0v) is 14.5. The lowest BCUT2D eigenvalue weighted by Gasteiger charge is -2.49. The van der Waals surface area contributed by atoms with Crippen molar-refractivity contribution < 1.29 is 4.79 Å². The van der Waals surface area contributed by atoms with Crippen LogP contribution in [0.2, 0.25) is 0 Å². The van der Waals surface area contributed by atoms with Crippen LogP contribution in [-0.2, 0) is 11.3 Å². The summed E-state index contributed by atoms with van der Waals surface area (Å²) in [6, 6.07) is 2.40. The fraction of sp³-hybridized carbons (Fsp3) is 0.737. The average molecular weight is 328 g/mol. The van der Waals surface area contributed by atoms with Crippen LogP contribution in [0.15, 0.2) is 18.5 Å². The van der Waals surface area contributed by atoms with Crippen LogP contribution in [0.5, 0.6) is 0 Å². The van der Waals surface area contributed by atoms with E-state index < -0.39 is 0 Å². The van der Waals surface area contributed by atoms with E-state index in [4.69, 9.17) is 0 Å². The van der Waals surface area contributed by atoms with E-state index >= 15 is 0 Å². The van der Waals surface area contributed by atoms with Crippen molar-refractivity contribution in [3.8, 4) is 0 Å². The molecule has 130 valence electrons. The van der Waals surface area contributed by atoms with E-state index in [0.29, 0.717) is 17.4 Å². The van der Waals surface area contributed by atoms with Gasteiger partial charge in [-0.15, -0.1) is 0 Å². The summed E-state index contributed by atoms with van der Waals surface area (Å²) in [6.07, 6.45) is 12.9. The molecule has 5 heteroatoms. The van der Waals surface area contributed by atoms with Crippen LogP contribution in [0, 0.1) is 5.41 Å². The molecule has 24 heavy (non-hydrogen) atoms. The molecule has 0 N–H and O–H groups in total. The van der Waals surface area contributed by atoms with Crippen LogP contribution in [0.25, 0.3) is 0 Å². The first-order valence-corrected chi connectivity index (χ1v) is 9.52. The van der Waals surface area contributed by atoms with Gasteiger partial charge in [0.05, 0.1) is 6.54 Å². The van der Waals surface area contributed by atoms with Gasteiger partial charge in [-0.05, 0) is 56.7 Å². The summed E-state index contributed by atoms with van der Waals surface area (Å²) in [6.45, 7) is 4.06. The Bertz CT molecular complexity index is 562. The van der Waals surface area contributed by atoms with Gasteiger partial charge >= 0.3 is 0 Å². The van der Waals surface area contributed by atoms with E-state index in [0.717, 1.165) is 44.8 Å². The van der Waals surface area contributed by atoms with Crippen molar-refractivity contribution in [1.29, 1.82) is 0 Å². The molecule has 3 aliphatic rings. The zero-order chi connectivity index (χ0) is 16.4. The second kappa shape index (κ2) is 6.79. The molecule has 0 aromatic carbocycles. The lowest BCUT2D eigenvalue weighted by molar-refractivity contribution is -0.142. The summed E-state index contributed by atoms with van der Waals surface area (Å²) in [5.41, 5.74) is 0.366. The SMILES string of the molecule is O=C1CCC2(CCN(Cc3ncccn3)CC2)CN1C1CCCC1. The van der Waals surface area contributed by atoms with Crippen molar-refractivity contribution in [3.63, 3.8) is 0 Å². The summed E-state index contributed by atoms with van der Waals surface area (Å²) >= 11 is 0. The number of rotatable bonds is 3. The molecule has 5 nitrogen and oxygen atoms in total. The average Bonchev–Trinajstić information content (AvgIpc) is 3.15. The standard InChI is InChI=1S/C19H28N4O/c24-18-6-7-19(15-23(18)16-4-1-2-5-16)8-12-22(13-9-19)14-17-20-10-3-11-21-17/h3,10-11,16H,1-2,4-9,12-15H2. The number of hydrogen-bond donors (Lipinski definition) is 0. The molecule has 3 heterocycles. The van der Waals surface area contributed by atoms with E-state index in [2.05, 4.69) is 19.8 Å². The first-order valence-electron chi connectivity index (χ1n) is 9.52. The largest absolute Gasteiger partial charge is 0.339 e. The Balaban J connectivity index is 1.36. The predicted molar refractivity (Wildman–Crippen MR) is 92.2 cm³/mol. The molecule has 2 saturated heterocycles. The Labute approximate surface area is 144 Å². The fourth-order valence-corrected chi connectivity index (χ4v) is 4.80. The number of hydrogen-bond acceptors (Lipinski definition) is 4. The quantitative estimate of drug-likeness (QED) is 0.856. The Morgan fingerprint density at radius 3 is 2.50 bits per heavy atom. The number of nitrogens with zero attached hydrogens (tertiary/aromatic N) is 4. The van der Waals surface area contributed by atoms with Crippen molar-refractivity contribution in [2.45, 2.75) is 64.0 Å². The Kier molecular flexibility index (Phi) is 4.53.